The zero-order valence-corrected chi connectivity index (χ0v) is 9.09. The summed E-state index contributed by atoms with van der Waals surface area (Å²) in [6, 6.07) is 3.52. The van der Waals surface area contributed by atoms with Gasteiger partial charge in [-0.15, -0.1) is 6.42 Å². The predicted octanol–water partition coefficient (Wildman–Crippen LogP) is 2.06. The summed E-state index contributed by atoms with van der Waals surface area (Å²) in [6.07, 6.45) is 7.51. The molecule has 1 N–H and O–H groups in total. The van der Waals surface area contributed by atoms with Gasteiger partial charge in [0.2, 0.25) is 0 Å². The number of piperidine rings is 1. The van der Waals surface area contributed by atoms with Gasteiger partial charge in [0.25, 0.3) is 0 Å². The molecule has 0 radical (unpaired) electrons. The molecule has 2 unspecified atom stereocenters. The minimum Gasteiger partial charge on any atom is -0.316 e. The van der Waals surface area contributed by atoms with Crippen molar-refractivity contribution in [2.45, 2.75) is 18.8 Å². The van der Waals surface area contributed by atoms with E-state index in [9.17, 15) is 4.39 Å². The van der Waals surface area contributed by atoms with Crippen LogP contribution in [0.15, 0.2) is 12.1 Å². The normalized spacial score (nSPS) is 27.0. The summed E-state index contributed by atoms with van der Waals surface area (Å²) < 4.78 is 13.6. The average Bonchev–Trinajstić information content (AvgIpc) is 2.29. The molecule has 1 aromatic carbocycles. The van der Waals surface area contributed by atoms with Crippen LogP contribution >= 0.6 is 0 Å². The van der Waals surface area contributed by atoms with E-state index < -0.39 is 0 Å². The van der Waals surface area contributed by atoms with Gasteiger partial charge in [-0.2, -0.15) is 0 Å². The monoisotopic (exact) mass is 215 g/mol. The average molecular weight is 215 g/mol. The van der Waals surface area contributed by atoms with Gasteiger partial charge in [0, 0.05) is 6.54 Å². The molecule has 1 aliphatic heterocycles. The van der Waals surface area contributed by atoms with Crippen LogP contribution in [0, 0.1) is 24.1 Å². The first kappa shape index (κ1) is 9.86. The van der Waals surface area contributed by atoms with Crippen LogP contribution < -0.4 is 5.32 Å². The molecule has 0 spiro atoms. The second-order valence-corrected chi connectivity index (χ2v) is 4.84. The zero-order chi connectivity index (χ0) is 11.1. The van der Waals surface area contributed by atoms with Gasteiger partial charge in [0.05, 0.1) is 5.56 Å². The molecule has 16 heavy (non-hydrogen) atoms. The van der Waals surface area contributed by atoms with Crippen LogP contribution in [0.1, 0.15) is 29.0 Å². The van der Waals surface area contributed by atoms with E-state index in [1.165, 1.54) is 17.5 Å². The number of nitrogens with one attached hydrogen (secondary N) is 1. The Kier molecular flexibility index (Phi) is 2.22. The van der Waals surface area contributed by atoms with Crippen LogP contribution in [0.25, 0.3) is 0 Å². The summed E-state index contributed by atoms with van der Waals surface area (Å²) in [5.41, 5.74) is 2.83. The topological polar surface area (TPSA) is 12.0 Å². The summed E-state index contributed by atoms with van der Waals surface area (Å²) in [6.45, 7) is 2.06. The Balaban J connectivity index is 2.11. The van der Waals surface area contributed by atoms with Crippen molar-refractivity contribution in [1.29, 1.82) is 0 Å². The molecular formula is C14H14FN. The maximum absolute atomic E-state index is 13.6. The van der Waals surface area contributed by atoms with E-state index in [2.05, 4.69) is 11.2 Å². The number of halogens is 1. The third-order valence-corrected chi connectivity index (χ3v) is 3.77. The summed E-state index contributed by atoms with van der Waals surface area (Å²) in [4.78, 5) is 0. The highest BCUT2D eigenvalue weighted by Gasteiger charge is 2.30. The lowest BCUT2D eigenvalue weighted by molar-refractivity contribution is 0.317. The van der Waals surface area contributed by atoms with Crippen LogP contribution in [-0.2, 0) is 6.42 Å². The van der Waals surface area contributed by atoms with Gasteiger partial charge in [-0.25, -0.2) is 4.39 Å². The fraction of sp³-hybridized carbons (Fsp3) is 0.429. The molecule has 1 aromatic rings. The maximum atomic E-state index is 13.6. The highest BCUT2D eigenvalue weighted by atomic mass is 19.1. The molecule has 1 heterocycles. The first-order valence-electron chi connectivity index (χ1n) is 5.77. The lowest BCUT2D eigenvalue weighted by Gasteiger charge is -2.36. The molecule has 2 bridgehead atoms. The standard InChI is InChI=1S/C14H14FN/c1-2-10-5-13-11(6-14(10)15)3-9-4-12(13)8-16-7-9/h1,5-6,9,12,16H,3-4,7-8H2. The minimum absolute atomic E-state index is 0.241. The van der Waals surface area contributed by atoms with E-state index in [-0.39, 0.29) is 5.82 Å². The SMILES string of the molecule is C#Cc1cc2c(cc1F)CC1CNCC2C1. The van der Waals surface area contributed by atoms with Gasteiger partial charge in [-0.3, -0.25) is 0 Å². The third kappa shape index (κ3) is 1.44. The lowest BCUT2D eigenvalue weighted by Crippen LogP contribution is -2.39. The van der Waals surface area contributed by atoms with Crippen molar-refractivity contribution < 1.29 is 4.39 Å². The van der Waals surface area contributed by atoms with Crippen LogP contribution in [0.5, 0.6) is 0 Å². The number of fused-ring (bicyclic) bond motifs is 4. The summed E-state index contributed by atoms with van der Waals surface area (Å²) in [5.74, 6) is 3.37. The van der Waals surface area contributed by atoms with Crippen molar-refractivity contribution in [2.24, 2.45) is 5.92 Å². The third-order valence-electron chi connectivity index (χ3n) is 3.77. The van der Waals surface area contributed by atoms with Gasteiger partial charge in [-0.05, 0) is 54.5 Å². The van der Waals surface area contributed by atoms with Crippen LogP contribution in [0.3, 0.4) is 0 Å². The fourth-order valence-corrected chi connectivity index (χ4v) is 3.03. The molecule has 0 amide bonds. The number of rotatable bonds is 0. The second kappa shape index (κ2) is 3.61. The molecule has 2 aliphatic rings. The van der Waals surface area contributed by atoms with Crippen molar-refractivity contribution >= 4 is 0 Å². The summed E-state index contributed by atoms with van der Waals surface area (Å²) in [7, 11) is 0. The van der Waals surface area contributed by atoms with E-state index in [1.807, 2.05) is 6.07 Å². The molecule has 1 nitrogen and oxygen atoms in total. The quantitative estimate of drug-likeness (QED) is 0.653. The molecule has 2 heteroatoms. The fourth-order valence-electron chi connectivity index (χ4n) is 3.03. The highest BCUT2D eigenvalue weighted by molar-refractivity contribution is 5.44. The van der Waals surface area contributed by atoms with Gasteiger partial charge in [-0.1, -0.05) is 5.92 Å². The number of benzene rings is 1. The molecule has 1 fully saturated rings. The Morgan fingerprint density at radius 3 is 3.06 bits per heavy atom. The van der Waals surface area contributed by atoms with Gasteiger partial charge in [0.1, 0.15) is 5.82 Å². The lowest BCUT2D eigenvalue weighted by atomic mass is 9.74. The molecule has 0 aromatic heterocycles. The first-order valence-corrected chi connectivity index (χ1v) is 5.77. The van der Waals surface area contributed by atoms with E-state index in [4.69, 9.17) is 6.42 Å². The summed E-state index contributed by atoms with van der Waals surface area (Å²) in [5, 5.41) is 3.43. The van der Waals surface area contributed by atoms with E-state index in [0.29, 0.717) is 17.4 Å². The smallest absolute Gasteiger partial charge is 0.139 e. The van der Waals surface area contributed by atoms with Crippen LogP contribution in [0.2, 0.25) is 0 Å². The zero-order valence-electron chi connectivity index (χ0n) is 9.09. The number of hydrogen-bond acceptors (Lipinski definition) is 1. The minimum atomic E-state index is -0.241. The van der Waals surface area contributed by atoms with E-state index in [1.54, 1.807) is 6.07 Å². The Hall–Kier alpha value is -1.33. The maximum Gasteiger partial charge on any atom is 0.139 e. The van der Waals surface area contributed by atoms with Gasteiger partial charge < -0.3 is 5.32 Å². The Morgan fingerprint density at radius 1 is 1.38 bits per heavy atom. The van der Waals surface area contributed by atoms with Gasteiger partial charge >= 0.3 is 0 Å². The number of hydrogen-bond donors (Lipinski definition) is 1. The number of terminal acetylenes is 1. The molecular weight excluding hydrogens is 201 g/mol. The molecule has 0 saturated carbocycles. The van der Waals surface area contributed by atoms with Crippen molar-refractivity contribution in [3.8, 4) is 12.3 Å². The largest absolute Gasteiger partial charge is 0.316 e. The predicted molar refractivity (Wildman–Crippen MR) is 61.8 cm³/mol. The molecule has 1 saturated heterocycles. The second-order valence-electron chi connectivity index (χ2n) is 4.84. The van der Waals surface area contributed by atoms with Crippen molar-refractivity contribution in [1.82, 2.24) is 5.32 Å². The first-order chi connectivity index (χ1) is 7.78. The van der Waals surface area contributed by atoms with Crippen molar-refractivity contribution in [3.63, 3.8) is 0 Å². The van der Waals surface area contributed by atoms with Crippen molar-refractivity contribution in [3.05, 3.63) is 34.6 Å². The molecule has 3 rings (SSSR count). The molecule has 2 atom stereocenters. The van der Waals surface area contributed by atoms with E-state index >= 15 is 0 Å². The highest BCUT2D eigenvalue weighted by Crippen LogP contribution is 2.37. The van der Waals surface area contributed by atoms with Crippen molar-refractivity contribution in [2.75, 3.05) is 13.1 Å². The summed E-state index contributed by atoms with van der Waals surface area (Å²) >= 11 is 0. The van der Waals surface area contributed by atoms with Crippen LogP contribution in [-0.4, -0.2) is 13.1 Å². The van der Waals surface area contributed by atoms with Gasteiger partial charge in [0.15, 0.2) is 0 Å². The Labute approximate surface area is 95.1 Å². The Bertz CT molecular complexity index is 472. The molecule has 82 valence electrons. The van der Waals surface area contributed by atoms with Crippen LogP contribution in [0.4, 0.5) is 4.39 Å². The Morgan fingerprint density at radius 2 is 2.25 bits per heavy atom. The molecule has 1 aliphatic carbocycles. The van der Waals surface area contributed by atoms with E-state index in [0.717, 1.165) is 19.5 Å².